The lowest BCUT2D eigenvalue weighted by Crippen LogP contribution is -2.48. The Morgan fingerprint density at radius 3 is 2.55 bits per heavy atom. The molecule has 0 aromatic heterocycles. The van der Waals surface area contributed by atoms with E-state index in [0.29, 0.717) is 29.0 Å². The first kappa shape index (κ1) is 18.9. The molecule has 0 atom stereocenters. The number of amides is 1. The second kappa shape index (κ2) is 7.92. The number of rotatable bonds is 4. The van der Waals surface area contributed by atoms with Crippen LogP contribution in [-0.2, 0) is 0 Å². The van der Waals surface area contributed by atoms with E-state index < -0.39 is 0 Å². The molecule has 0 bridgehead atoms. The van der Waals surface area contributed by atoms with Gasteiger partial charge in [0.1, 0.15) is 5.75 Å². The van der Waals surface area contributed by atoms with Gasteiger partial charge in [0.2, 0.25) is 0 Å². The first-order valence-electron chi connectivity index (χ1n) is 7.14. The molecular weight excluding hydrogens is 364 g/mol. The summed E-state index contributed by atoms with van der Waals surface area (Å²) < 4.78 is 6.52. The van der Waals surface area contributed by atoms with Crippen molar-refractivity contribution in [3.63, 3.8) is 0 Å². The minimum atomic E-state index is -0.290. The Balaban J connectivity index is 2.87. The molecular formula is C16H23BrN2O2S. The Morgan fingerprint density at radius 2 is 2.00 bits per heavy atom. The van der Waals surface area contributed by atoms with E-state index in [2.05, 4.69) is 40.4 Å². The van der Waals surface area contributed by atoms with Crippen molar-refractivity contribution in [3.8, 4) is 5.75 Å². The van der Waals surface area contributed by atoms with Gasteiger partial charge in [0.25, 0.3) is 5.91 Å². The van der Waals surface area contributed by atoms with Crippen LogP contribution in [0.15, 0.2) is 22.7 Å². The number of nitrogens with one attached hydrogen (secondary N) is 2. The Kier molecular flexibility index (Phi) is 6.81. The largest absolute Gasteiger partial charge is 0.492 e. The summed E-state index contributed by atoms with van der Waals surface area (Å²) in [5, 5.41) is 6.04. The molecule has 0 fully saturated rings. The Bertz CT molecular complexity index is 554. The summed E-state index contributed by atoms with van der Waals surface area (Å²) in [4.78, 5) is 12.4. The summed E-state index contributed by atoms with van der Waals surface area (Å²) >= 11 is 8.54. The summed E-state index contributed by atoms with van der Waals surface area (Å²) in [7, 11) is 0. The second-order valence-corrected chi connectivity index (χ2v) is 7.83. The number of carbonyl (C=O) groups excluding carboxylic acids is 1. The Morgan fingerprint density at radius 1 is 1.36 bits per heavy atom. The van der Waals surface area contributed by atoms with E-state index in [0.717, 1.165) is 4.47 Å². The van der Waals surface area contributed by atoms with Gasteiger partial charge in [-0.25, -0.2) is 0 Å². The maximum atomic E-state index is 12.4. The van der Waals surface area contributed by atoms with E-state index in [9.17, 15) is 4.79 Å². The molecule has 0 spiro atoms. The van der Waals surface area contributed by atoms with E-state index in [-0.39, 0.29) is 11.4 Å². The number of hydrogen-bond acceptors (Lipinski definition) is 3. The van der Waals surface area contributed by atoms with Crippen LogP contribution >= 0.6 is 28.1 Å². The molecule has 122 valence electrons. The quantitative estimate of drug-likeness (QED) is 0.770. The molecule has 1 aromatic carbocycles. The number of benzene rings is 1. The molecule has 0 heterocycles. The zero-order valence-corrected chi connectivity index (χ0v) is 16.0. The van der Waals surface area contributed by atoms with E-state index in [1.807, 2.05) is 26.8 Å². The van der Waals surface area contributed by atoms with Gasteiger partial charge in [-0.3, -0.25) is 10.1 Å². The van der Waals surface area contributed by atoms with Crippen LogP contribution < -0.4 is 15.4 Å². The van der Waals surface area contributed by atoms with Crippen LogP contribution in [0.25, 0.3) is 0 Å². The second-order valence-electron chi connectivity index (χ2n) is 6.50. The van der Waals surface area contributed by atoms with Gasteiger partial charge in [-0.1, -0.05) is 29.8 Å². The number of carbonyl (C=O) groups is 1. The minimum absolute atomic E-state index is 0.210. The van der Waals surface area contributed by atoms with E-state index in [1.54, 1.807) is 12.1 Å². The monoisotopic (exact) mass is 386 g/mol. The van der Waals surface area contributed by atoms with E-state index in [1.165, 1.54) is 0 Å². The van der Waals surface area contributed by atoms with Crippen molar-refractivity contribution < 1.29 is 9.53 Å². The third-order valence-electron chi connectivity index (χ3n) is 2.47. The smallest absolute Gasteiger partial charge is 0.261 e. The van der Waals surface area contributed by atoms with Crippen molar-refractivity contribution in [2.24, 2.45) is 5.92 Å². The third kappa shape index (κ3) is 6.75. The lowest BCUT2D eigenvalue weighted by molar-refractivity contribution is 0.0971. The average Bonchev–Trinajstić information content (AvgIpc) is 2.34. The van der Waals surface area contributed by atoms with Gasteiger partial charge in [0, 0.05) is 10.0 Å². The van der Waals surface area contributed by atoms with Crippen molar-refractivity contribution in [3.05, 3.63) is 28.2 Å². The standard InChI is InChI=1S/C16H23BrN2O2S/c1-10(2)9-21-13-7-6-11(17)8-12(13)14(20)18-15(22)19-16(3,4)5/h6-8,10H,9H2,1-5H3,(H2,18,19,20,22). The van der Waals surface area contributed by atoms with Crippen molar-refractivity contribution in [2.75, 3.05) is 6.61 Å². The highest BCUT2D eigenvalue weighted by molar-refractivity contribution is 9.10. The lowest BCUT2D eigenvalue weighted by atomic mass is 10.1. The molecule has 0 radical (unpaired) electrons. The maximum absolute atomic E-state index is 12.4. The van der Waals surface area contributed by atoms with Crippen LogP contribution in [0, 0.1) is 5.92 Å². The molecule has 0 unspecified atom stereocenters. The fourth-order valence-corrected chi connectivity index (χ4v) is 2.36. The molecule has 1 amide bonds. The van der Waals surface area contributed by atoms with Gasteiger partial charge in [0.05, 0.1) is 12.2 Å². The van der Waals surface area contributed by atoms with Crippen molar-refractivity contribution >= 4 is 39.2 Å². The fourth-order valence-electron chi connectivity index (χ4n) is 1.60. The average molecular weight is 387 g/mol. The maximum Gasteiger partial charge on any atom is 0.261 e. The molecule has 1 rings (SSSR count). The zero-order valence-electron chi connectivity index (χ0n) is 13.6. The van der Waals surface area contributed by atoms with E-state index in [4.69, 9.17) is 17.0 Å². The summed E-state index contributed by atoms with van der Waals surface area (Å²) in [6, 6.07) is 5.35. The van der Waals surface area contributed by atoms with Crippen LogP contribution in [-0.4, -0.2) is 23.2 Å². The molecule has 22 heavy (non-hydrogen) atoms. The Hall–Kier alpha value is -1.14. The van der Waals surface area contributed by atoms with Crippen molar-refractivity contribution in [1.82, 2.24) is 10.6 Å². The van der Waals surface area contributed by atoms with E-state index >= 15 is 0 Å². The number of hydrogen-bond donors (Lipinski definition) is 2. The molecule has 0 saturated heterocycles. The summed E-state index contributed by atoms with van der Waals surface area (Å²) in [5.41, 5.74) is 0.242. The molecule has 6 heteroatoms. The molecule has 0 saturated carbocycles. The van der Waals surface area contributed by atoms with Gasteiger partial charge in [-0.2, -0.15) is 0 Å². The van der Waals surface area contributed by atoms with Gasteiger partial charge >= 0.3 is 0 Å². The van der Waals surface area contributed by atoms with Gasteiger partial charge in [-0.15, -0.1) is 0 Å². The van der Waals surface area contributed by atoms with Gasteiger partial charge in [0.15, 0.2) is 5.11 Å². The number of ether oxygens (including phenoxy) is 1. The van der Waals surface area contributed by atoms with Crippen molar-refractivity contribution in [1.29, 1.82) is 0 Å². The highest BCUT2D eigenvalue weighted by atomic mass is 79.9. The lowest BCUT2D eigenvalue weighted by Gasteiger charge is -2.22. The third-order valence-corrected chi connectivity index (χ3v) is 3.17. The Labute approximate surface area is 146 Å². The SMILES string of the molecule is CC(C)COc1ccc(Br)cc1C(=O)NC(=S)NC(C)(C)C. The van der Waals surface area contributed by atoms with Crippen LogP contribution in [0.2, 0.25) is 0 Å². The van der Waals surface area contributed by atoms with Gasteiger partial charge < -0.3 is 10.1 Å². The molecule has 2 N–H and O–H groups in total. The fraction of sp³-hybridized carbons (Fsp3) is 0.500. The molecule has 0 aliphatic heterocycles. The normalized spacial score (nSPS) is 11.2. The molecule has 0 aliphatic carbocycles. The van der Waals surface area contributed by atoms with Crippen LogP contribution in [0.4, 0.5) is 0 Å². The van der Waals surface area contributed by atoms with Crippen LogP contribution in [0.5, 0.6) is 5.75 Å². The zero-order chi connectivity index (χ0) is 16.9. The summed E-state index contributed by atoms with van der Waals surface area (Å²) in [6.07, 6.45) is 0. The van der Waals surface area contributed by atoms with Crippen LogP contribution in [0.3, 0.4) is 0 Å². The highest BCUT2D eigenvalue weighted by Crippen LogP contribution is 2.23. The summed E-state index contributed by atoms with van der Waals surface area (Å²) in [5.74, 6) is 0.637. The number of thiocarbonyl (C=S) groups is 1. The predicted molar refractivity (Wildman–Crippen MR) is 97.4 cm³/mol. The molecule has 1 aromatic rings. The summed E-state index contributed by atoms with van der Waals surface area (Å²) in [6.45, 7) is 10.6. The number of halogens is 1. The first-order chi connectivity index (χ1) is 10.1. The highest BCUT2D eigenvalue weighted by Gasteiger charge is 2.17. The topological polar surface area (TPSA) is 50.4 Å². The van der Waals surface area contributed by atoms with Crippen molar-refractivity contribution in [2.45, 2.75) is 40.2 Å². The molecule has 4 nitrogen and oxygen atoms in total. The minimum Gasteiger partial charge on any atom is -0.492 e. The van der Waals surface area contributed by atoms with Gasteiger partial charge in [-0.05, 0) is 57.1 Å². The molecule has 0 aliphatic rings. The first-order valence-corrected chi connectivity index (χ1v) is 8.34. The van der Waals surface area contributed by atoms with Crippen LogP contribution in [0.1, 0.15) is 45.0 Å². The predicted octanol–water partition coefficient (Wildman–Crippen LogP) is 3.89.